The van der Waals surface area contributed by atoms with Gasteiger partial charge in [0.25, 0.3) is 5.91 Å². The maximum atomic E-state index is 11.0. The van der Waals surface area contributed by atoms with Gasteiger partial charge in [-0.15, -0.1) is 0 Å². The number of ether oxygens (including phenoxy) is 2. The fourth-order valence-corrected chi connectivity index (χ4v) is 6.27. The van der Waals surface area contributed by atoms with Crippen LogP contribution in [0.4, 0.5) is 0 Å². The van der Waals surface area contributed by atoms with Crippen LogP contribution in [0.1, 0.15) is 45.2 Å². The number of rotatable bonds is 4. The zero-order chi connectivity index (χ0) is 23.3. The molecule has 4 rings (SSSR count). The molecule has 0 spiro atoms. The average molecular weight is 434 g/mol. The Labute approximate surface area is 189 Å². The lowest BCUT2D eigenvalue weighted by atomic mass is 9.49. The molecule has 3 aliphatic rings. The van der Waals surface area contributed by atoms with Crippen LogP contribution in [0.5, 0.6) is 0 Å². The topological polar surface area (TPSA) is 116 Å². The summed E-state index contributed by atoms with van der Waals surface area (Å²) >= 11 is 0. The molecule has 0 aromatic heterocycles. The molecule has 5 unspecified atom stereocenters. The highest BCUT2D eigenvalue weighted by atomic mass is 16.7. The van der Waals surface area contributed by atoms with Gasteiger partial charge >= 0.3 is 0 Å². The summed E-state index contributed by atoms with van der Waals surface area (Å²) in [5.74, 6) is -1.08. The molecule has 32 heavy (non-hydrogen) atoms. The van der Waals surface area contributed by atoms with Crippen LogP contribution in [0.25, 0.3) is 0 Å². The summed E-state index contributed by atoms with van der Waals surface area (Å²) in [6, 6.07) is 14.1. The second kappa shape index (κ2) is 7.62. The Kier molecular flexibility index (Phi) is 5.32. The van der Waals surface area contributed by atoms with Gasteiger partial charge in [-0.2, -0.15) is 10.5 Å². The van der Waals surface area contributed by atoms with E-state index in [-0.39, 0.29) is 17.7 Å². The number of nitrogens with zero attached hydrogens (tertiary/aromatic N) is 3. The first-order valence-corrected chi connectivity index (χ1v) is 11.1. The lowest BCUT2D eigenvalue weighted by molar-refractivity contribution is -0.256. The highest BCUT2D eigenvalue weighted by Gasteiger charge is 2.80. The SMILES string of the molecule is COC1(OC)N=C(N)C2(C#N)C(c3ccccc3)NC3=C(C(C)CCC3C(C)C)C12C#N. The molecule has 0 saturated heterocycles. The lowest BCUT2D eigenvalue weighted by Gasteiger charge is -2.56. The number of amidine groups is 1. The van der Waals surface area contributed by atoms with Gasteiger partial charge in [-0.05, 0) is 35.8 Å². The molecule has 1 aliphatic carbocycles. The summed E-state index contributed by atoms with van der Waals surface area (Å²) in [5, 5.41) is 25.5. The predicted octanol–water partition coefficient (Wildman–Crippen LogP) is 3.62. The van der Waals surface area contributed by atoms with Crippen LogP contribution >= 0.6 is 0 Å². The van der Waals surface area contributed by atoms with Crippen molar-refractivity contribution in [3.63, 3.8) is 0 Å². The van der Waals surface area contributed by atoms with E-state index < -0.39 is 22.8 Å². The van der Waals surface area contributed by atoms with Gasteiger partial charge in [0.2, 0.25) is 0 Å². The van der Waals surface area contributed by atoms with Crippen molar-refractivity contribution in [3.8, 4) is 12.1 Å². The number of hydrogen-bond donors (Lipinski definition) is 2. The minimum Gasteiger partial charge on any atom is -0.386 e. The van der Waals surface area contributed by atoms with E-state index >= 15 is 0 Å². The molecular weight excluding hydrogens is 402 g/mol. The molecule has 0 bridgehead atoms. The molecule has 0 radical (unpaired) electrons. The summed E-state index contributed by atoms with van der Waals surface area (Å²) in [4.78, 5) is 4.59. The molecule has 3 N–H and O–H groups in total. The number of hydrogen-bond acceptors (Lipinski definition) is 7. The van der Waals surface area contributed by atoms with Crippen molar-refractivity contribution in [2.75, 3.05) is 14.2 Å². The van der Waals surface area contributed by atoms with Crippen molar-refractivity contribution in [2.24, 2.45) is 39.3 Å². The van der Waals surface area contributed by atoms with Gasteiger partial charge in [0, 0.05) is 25.8 Å². The van der Waals surface area contributed by atoms with E-state index in [9.17, 15) is 10.5 Å². The largest absolute Gasteiger partial charge is 0.386 e. The van der Waals surface area contributed by atoms with Gasteiger partial charge in [0.15, 0.2) is 10.8 Å². The Bertz CT molecular complexity index is 1050. The van der Waals surface area contributed by atoms with Crippen molar-refractivity contribution >= 4 is 5.84 Å². The number of methoxy groups -OCH3 is 2. The molecule has 0 saturated carbocycles. The molecule has 2 heterocycles. The van der Waals surface area contributed by atoms with Gasteiger partial charge in [0.05, 0.1) is 18.2 Å². The second-order valence-corrected chi connectivity index (χ2v) is 9.41. The van der Waals surface area contributed by atoms with E-state index in [1.807, 2.05) is 30.3 Å². The van der Waals surface area contributed by atoms with E-state index in [1.54, 1.807) is 0 Å². The van der Waals surface area contributed by atoms with Crippen LogP contribution in [0.3, 0.4) is 0 Å². The van der Waals surface area contributed by atoms with Crippen molar-refractivity contribution < 1.29 is 9.47 Å². The Morgan fingerprint density at radius 2 is 1.78 bits per heavy atom. The Morgan fingerprint density at radius 3 is 2.31 bits per heavy atom. The van der Waals surface area contributed by atoms with Crippen LogP contribution in [-0.2, 0) is 9.47 Å². The number of benzene rings is 1. The third kappa shape index (κ3) is 2.44. The van der Waals surface area contributed by atoms with E-state index in [2.05, 4.69) is 43.2 Å². The minimum atomic E-state index is -1.72. The normalized spacial score (nSPS) is 35.2. The molecule has 5 atom stereocenters. The summed E-state index contributed by atoms with van der Waals surface area (Å²) in [6.45, 7) is 6.48. The maximum Gasteiger partial charge on any atom is 0.296 e. The van der Waals surface area contributed by atoms with E-state index in [0.29, 0.717) is 5.92 Å². The summed E-state index contributed by atoms with van der Waals surface area (Å²) in [7, 11) is 2.92. The molecule has 168 valence electrons. The van der Waals surface area contributed by atoms with Crippen molar-refractivity contribution in [2.45, 2.75) is 45.6 Å². The zero-order valence-corrected chi connectivity index (χ0v) is 19.3. The number of nitrogens with one attached hydrogen (secondary N) is 1. The minimum absolute atomic E-state index is 0.0300. The Balaban J connectivity index is 2.16. The number of fused-ring (bicyclic) bond motifs is 2. The van der Waals surface area contributed by atoms with Crippen LogP contribution in [0.15, 0.2) is 46.6 Å². The number of aliphatic imine (C=N–C) groups is 1. The molecule has 0 amide bonds. The smallest absolute Gasteiger partial charge is 0.296 e. The zero-order valence-electron chi connectivity index (χ0n) is 19.3. The standard InChI is InChI=1S/C25H31N5O2/c1-15(2)18-12-11-16(3)19-20(18)29-21(17-9-7-6-8-10-17)23(13-26)22(28)30-25(31-4,32-5)24(19,23)14-27/h6-10,15-16,18,21,29H,11-12H2,1-5H3,(H2,28,30). The van der Waals surface area contributed by atoms with Crippen LogP contribution in [0.2, 0.25) is 0 Å². The lowest BCUT2D eigenvalue weighted by Crippen LogP contribution is -2.66. The molecule has 1 aromatic carbocycles. The van der Waals surface area contributed by atoms with E-state index in [0.717, 1.165) is 29.7 Å². The van der Waals surface area contributed by atoms with Gasteiger partial charge in [-0.25, -0.2) is 4.99 Å². The van der Waals surface area contributed by atoms with E-state index in [4.69, 9.17) is 15.2 Å². The van der Waals surface area contributed by atoms with Crippen LogP contribution in [-0.4, -0.2) is 26.0 Å². The molecule has 2 aliphatic heterocycles. The quantitative estimate of drug-likeness (QED) is 0.701. The van der Waals surface area contributed by atoms with Gasteiger partial charge in [0.1, 0.15) is 5.84 Å². The monoisotopic (exact) mass is 433 g/mol. The Morgan fingerprint density at radius 1 is 1.12 bits per heavy atom. The van der Waals surface area contributed by atoms with Crippen molar-refractivity contribution in [1.29, 1.82) is 10.5 Å². The summed E-state index contributed by atoms with van der Waals surface area (Å²) in [6.07, 6.45) is 1.89. The first-order chi connectivity index (χ1) is 15.3. The second-order valence-electron chi connectivity index (χ2n) is 9.41. The number of nitrogens with two attached hydrogens (primary N) is 1. The van der Waals surface area contributed by atoms with Crippen LogP contribution < -0.4 is 11.1 Å². The fourth-order valence-electron chi connectivity index (χ4n) is 6.27. The molecule has 1 aromatic rings. The predicted molar refractivity (Wildman–Crippen MR) is 121 cm³/mol. The van der Waals surface area contributed by atoms with Crippen LogP contribution in [0, 0.1) is 51.2 Å². The van der Waals surface area contributed by atoms with Crippen molar-refractivity contribution in [3.05, 3.63) is 47.2 Å². The molecule has 0 fully saturated rings. The maximum absolute atomic E-state index is 11.0. The summed E-state index contributed by atoms with van der Waals surface area (Å²) < 4.78 is 11.7. The average Bonchev–Trinajstić information content (AvgIpc) is 3.04. The third-order valence-electron chi connectivity index (χ3n) is 7.77. The first-order valence-electron chi connectivity index (χ1n) is 11.1. The highest BCUT2D eigenvalue weighted by molar-refractivity contribution is 5.96. The van der Waals surface area contributed by atoms with Crippen molar-refractivity contribution in [1.82, 2.24) is 5.32 Å². The molecule has 7 nitrogen and oxygen atoms in total. The molecular formula is C25H31N5O2. The van der Waals surface area contributed by atoms with E-state index in [1.165, 1.54) is 14.2 Å². The third-order valence-corrected chi connectivity index (χ3v) is 7.77. The highest BCUT2D eigenvalue weighted by Crippen LogP contribution is 2.68. The number of allylic oxidation sites excluding steroid dienone is 1. The van der Waals surface area contributed by atoms with Gasteiger partial charge < -0.3 is 20.5 Å². The summed E-state index contributed by atoms with van der Waals surface area (Å²) in [5.41, 5.74) is 6.21. The molecule has 7 heteroatoms. The first kappa shape index (κ1) is 22.3. The van der Waals surface area contributed by atoms with Gasteiger partial charge in [-0.1, -0.05) is 51.1 Å². The number of nitriles is 2. The fraction of sp³-hybridized carbons (Fsp3) is 0.560. The van der Waals surface area contributed by atoms with Gasteiger partial charge in [-0.3, -0.25) is 0 Å². The Hall–Kier alpha value is -2.87.